The molecule has 0 unspecified atom stereocenters. The molecule has 204 valence electrons. The standard InChI is InChI=1S/C29H29Cl2N3O5/c1-4-14-38-26-12-10-21(16-27(26)37-3)18-32-34-29(36)24(15-20-8-6-5-7-9-20)33-28(35)19(2)39-25-13-11-22(30)17-23(25)31/h4-13,16-19,24H,1,14-15H2,2-3H3,(H,33,35)(H,34,36)/b32-18-/t19-,24-/m1/s1. The van der Waals surface area contributed by atoms with E-state index < -0.39 is 24.0 Å². The van der Waals surface area contributed by atoms with E-state index in [1.54, 1.807) is 43.3 Å². The van der Waals surface area contributed by atoms with Crippen molar-refractivity contribution in [2.24, 2.45) is 5.10 Å². The molecule has 8 nitrogen and oxygen atoms in total. The molecule has 3 rings (SSSR count). The number of hydrazone groups is 1. The smallest absolute Gasteiger partial charge is 0.262 e. The number of hydrogen-bond donors (Lipinski definition) is 2. The summed E-state index contributed by atoms with van der Waals surface area (Å²) >= 11 is 12.1. The molecule has 0 bridgehead atoms. The van der Waals surface area contributed by atoms with Gasteiger partial charge in [-0.1, -0.05) is 66.2 Å². The lowest BCUT2D eigenvalue weighted by atomic mass is 10.1. The van der Waals surface area contributed by atoms with Crippen LogP contribution in [0.3, 0.4) is 0 Å². The summed E-state index contributed by atoms with van der Waals surface area (Å²) in [7, 11) is 1.53. The van der Waals surface area contributed by atoms with Crippen molar-refractivity contribution in [2.75, 3.05) is 13.7 Å². The summed E-state index contributed by atoms with van der Waals surface area (Å²) in [5.41, 5.74) is 4.03. The largest absolute Gasteiger partial charge is 0.493 e. The van der Waals surface area contributed by atoms with Gasteiger partial charge in [0, 0.05) is 11.4 Å². The molecule has 0 saturated heterocycles. The topological polar surface area (TPSA) is 98.2 Å². The van der Waals surface area contributed by atoms with E-state index in [2.05, 4.69) is 22.4 Å². The minimum Gasteiger partial charge on any atom is -0.493 e. The van der Waals surface area contributed by atoms with Crippen LogP contribution in [-0.4, -0.2) is 43.9 Å². The van der Waals surface area contributed by atoms with Crippen LogP contribution < -0.4 is 25.0 Å². The minimum atomic E-state index is -0.937. The maximum absolute atomic E-state index is 13.1. The third-order valence-electron chi connectivity index (χ3n) is 5.42. The second-order valence-corrected chi connectivity index (χ2v) is 9.17. The average molecular weight is 570 g/mol. The molecule has 2 atom stereocenters. The van der Waals surface area contributed by atoms with Gasteiger partial charge in [0.25, 0.3) is 11.8 Å². The molecule has 3 aromatic carbocycles. The summed E-state index contributed by atoms with van der Waals surface area (Å²) in [5.74, 6) is 0.365. The number of hydrogen-bond acceptors (Lipinski definition) is 6. The van der Waals surface area contributed by atoms with Gasteiger partial charge < -0.3 is 19.5 Å². The third-order valence-corrected chi connectivity index (χ3v) is 5.95. The predicted molar refractivity (Wildman–Crippen MR) is 153 cm³/mol. The van der Waals surface area contributed by atoms with Gasteiger partial charge in [0.05, 0.1) is 18.3 Å². The van der Waals surface area contributed by atoms with E-state index in [1.165, 1.54) is 19.4 Å². The van der Waals surface area contributed by atoms with E-state index in [9.17, 15) is 9.59 Å². The number of ether oxygens (including phenoxy) is 3. The van der Waals surface area contributed by atoms with Crippen LogP contribution >= 0.6 is 23.2 Å². The Morgan fingerprint density at radius 3 is 2.44 bits per heavy atom. The zero-order valence-electron chi connectivity index (χ0n) is 21.5. The number of methoxy groups -OCH3 is 1. The van der Waals surface area contributed by atoms with Gasteiger partial charge in [-0.2, -0.15) is 5.10 Å². The predicted octanol–water partition coefficient (Wildman–Crippen LogP) is 5.21. The number of benzene rings is 3. The molecule has 39 heavy (non-hydrogen) atoms. The van der Waals surface area contributed by atoms with Crippen LogP contribution in [0.1, 0.15) is 18.1 Å². The Bertz CT molecular complexity index is 1320. The van der Waals surface area contributed by atoms with Crippen molar-refractivity contribution in [1.82, 2.24) is 10.7 Å². The summed E-state index contributed by atoms with van der Waals surface area (Å²) in [6.07, 6.45) is 2.40. The Balaban J connectivity index is 1.69. The van der Waals surface area contributed by atoms with Crippen LogP contribution in [0, 0.1) is 0 Å². The zero-order chi connectivity index (χ0) is 28.2. The highest BCUT2D eigenvalue weighted by Gasteiger charge is 2.25. The lowest BCUT2D eigenvalue weighted by Crippen LogP contribution is -2.50. The zero-order valence-corrected chi connectivity index (χ0v) is 23.0. The Kier molecular flexibility index (Phi) is 11.2. The first-order chi connectivity index (χ1) is 18.8. The lowest BCUT2D eigenvalue weighted by Gasteiger charge is -2.21. The first-order valence-corrected chi connectivity index (χ1v) is 12.8. The van der Waals surface area contributed by atoms with E-state index in [0.29, 0.717) is 34.4 Å². The van der Waals surface area contributed by atoms with Gasteiger partial charge >= 0.3 is 0 Å². The van der Waals surface area contributed by atoms with Gasteiger partial charge in [-0.25, -0.2) is 5.43 Å². The van der Waals surface area contributed by atoms with Crippen molar-refractivity contribution in [3.63, 3.8) is 0 Å². The first kappa shape index (κ1) is 29.5. The van der Waals surface area contributed by atoms with Crippen LogP contribution in [0.25, 0.3) is 0 Å². The maximum atomic E-state index is 13.1. The number of rotatable bonds is 13. The SMILES string of the molecule is C=CCOc1ccc(/C=N\NC(=O)[C@@H](Cc2ccccc2)NC(=O)[C@@H](C)Oc2ccc(Cl)cc2Cl)cc1OC. The van der Waals surface area contributed by atoms with Crippen molar-refractivity contribution in [1.29, 1.82) is 0 Å². The highest BCUT2D eigenvalue weighted by atomic mass is 35.5. The van der Waals surface area contributed by atoms with Crippen molar-refractivity contribution in [2.45, 2.75) is 25.5 Å². The van der Waals surface area contributed by atoms with Gasteiger partial charge in [-0.3, -0.25) is 9.59 Å². The van der Waals surface area contributed by atoms with Gasteiger partial charge in [-0.15, -0.1) is 0 Å². The molecule has 2 N–H and O–H groups in total. The van der Waals surface area contributed by atoms with Crippen LogP contribution in [0.15, 0.2) is 84.5 Å². The molecule has 0 aromatic heterocycles. The highest BCUT2D eigenvalue weighted by molar-refractivity contribution is 6.35. The second kappa shape index (κ2) is 14.8. The average Bonchev–Trinajstić information content (AvgIpc) is 2.93. The van der Waals surface area contributed by atoms with Crippen molar-refractivity contribution < 1.29 is 23.8 Å². The fraction of sp³-hybridized carbons (Fsp3) is 0.207. The Labute approximate surface area is 237 Å². The summed E-state index contributed by atoms with van der Waals surface area (Å²) in [6, 6.07) is 18.3. The molecule has 3 aromatic rings. The quantitative estimate of drug-likeness (QED) is 0.167. The van der Waals surface area contributed by atoms with Crippen LogP contribution in [0.5, 0.6) is 17.2 Å². The minimum absolute atomic E-state index is 0.242. The van der Waals surface area contributed by atoms with Gasteiger partial charge in [0.1, 0.15) is 18.4 Å². The third kappa shape index (κ3) is 9.05. The Hall–Kier alpha value is -4.01. The lowest BCUT2D eigenvalue weighted by molar-refractivity contribution is -0.132. The van der Waals surface area contributed by atoms with Crippen LogP contribution in [0.4, 0.5) is 0 Å². The Morgan fingerprint density at radius 1 is 1.00 bits per heavy atom. The fourth-order valence-corrected chi connectivity index (χ4v) is 3.90. The van der Waals surface area contributed by atoms with Crippen LogP contribution in [-0.2, 0) is 16.0 Å². The molecular weight excluding hydrogens is 541 g/mol. The maximum Gasteiger partial charge on any atom is 0.262 e. The summed E-state index contributed by atoms with van der Waals surface area (Å²) < 4.78 is 16.6. The fourth-order valence-electron chi connectivity index (χ4n) is 3.44. The van der Waals surface area contributed by atoms with Gasteiger partial charge in [0.15, 0.2) is 17.6 Å². The van der Waals surface area contributed by atoms with E-state index in [-0.39, 0.29) is 11.4 Å². The molecule has 10 heteroatoms. The van der Waals surface area contributed by atoms with Gasteiger partial charge in [-0.05, 0) is 54.4 Å². The number of carbonyl (C=O) groups excluding carboxylic acids is 2. The molecule has 2 amide bonds. The molecule has 0 aliphatic rings. The van der Waals surface area contributed by atoms with Crippen molar-refractivity contribution >= 4 is 41.2 Å². The highest BCUT2D eigenvalue weighted by Crippen LogP contribution is 2.29. The molecular formula is C29H29Cl2N3O5. The van der Waals surface area contributed by atoms with E-state index in [1.807, 2.05) is 30.3 Å². The molecule has 0 aliphatic carbocycles. The van der Waals surface area contributed by atoms with E-state index in [0.717, 1.165) is 5.56 Å². The summed E-state index contributed by atoms with van der Waals surface area (Å²) in [6.45, 7) is 5.53. The molecule has 0 fully saturated rings. The normalized spacial score (nSPS) is 12.3. The number of nitrogens with zero attached hydrogens (tertiary/aromatic N) is 1. The number of nitrogens with one attached hydrogen (secondary N) is 2. The molecule has 0 spiro atoms. The Morgan fingerprint density at radius 2 is 1.74 bits per heavy atom. The molecule has 0 aliphatic heterocycles. The number of amides is 2. The van der Waals surface area contributed by atoms with E-state index >= 15 is 0 Å². The van der Waals surface area contributed by atoms with Crippen LogP contribution in [0.2, 0.25) is 10.0 Å². The first-order valence-electron chi connectivity index (χ1n) is 12.0. The second-order valence-electron chi connectivity index (χ2n) is 8.33. The van der Waals surface area contributed by atoms with Gasteiger partial charge in [0.2, 0.25) is 0 Å². The molecule has 0 heterocycles. The van der Waals surface area contributed by atoms with E-state index in [4.69, 9.17) is 37.4 Å². The monoisotopic (exact) mass is 569 g/mol. The molecule has 0 saturated carbocycles. The number of halogens is 2. The van der Waals surface area contributed by atoms with Crippen molar-refractivity contribution in [3.05, 3.63) is 101 Å². The number of carbonyl (C=O) groups is 2. The summed E-state index contributed by atoms with van der Waals surface area (Å²) in [5, 5.41) is 7.52. The van der Waals surface area contributed by atoms with Crippen molar-refractivity contribution in [3.8, 4) is 17.2 Å². The summed E-state index contributed by atoms with van der Waals surface area (Å²) in [4.78, 5) is 26.0. The molecule has 0 radical (unpaired) electrons.